The smallest absolute Gasteiger partial charge is 0.431 e. The average molecular weight is 294 g/mol. The van der Waals surface area contributed by atoms with E-state index < -0.39 is 5.60 Å². The first kappa shape index (κ1) is 17.7. The Morgan fingerprint density at radius 2 is 1.90 bits per heavy atom. The van der Waals surface area contributed by atoms with Crippen molar-refractivity contribution in [3.63, 3.8) is 0 Å². The highest BCUT2D eigenvalue weighted by Crippen LogP contribution is 2.22. The molecule has 1 saturated carbocycles. The van der Waals surface area contributed by atoms with E-state index in [1.165, 1.54) is 37.1 Å². The number of allylic oxidation sites excluding steroid dienone is 1. The minimum absolute atomic E-state index is 0.107. The Labute approximate surface area is 129 Å². The Balaban J connectivity index is 2.76. The molecular formula is C17H30N2O2. The van der Waals surface area contributed by atoms with Gasteiger partial charge in [-0.05, 0) is 53.4 Å². The molecule has 0 aliphatic heterocycles. The summed E-state index contributed by atoms with van der Waals surface area (Å²) in [5.41, 5.74) is -0.509. The number of hydrazone groups is 1. The van der Waals surface area contributed by atoms with Crippen molar-refractivity contribution >= 4 is 12.3 Å². The Hall–Kier alpha value is -1.32. The van der Waals surface area contributed by atoms with Gasteiger partial charge in [0.15, 0.2) is 0 Å². The third kappa shape index (κ3) is 6.78. The van der Waals surface area contributed by atoms with E-state index in [4.69, 9.17) is 4.74 Å². The SMILES string of the molecule is C/C=C/C(C)N(/N=C/C1CCCCC1)C(=O)OC(C)(C)C. The summed E-state index contributed by atoms with van der Waals surface area (Å²) in [6.07, 6.45) is 11.6. The molecule has 1 amide bonds. The van der Waals surface area contributed by atoms with Crippen LogP contribution in [0.4, 0.5) is 4.79 Å². The third-order valence-corrected chi connectivity index (χ3v) is 3.49. The van der Waals surface area contributed by atoms with E-state index in [0.29, 0.717) is 5.92 Å². The number of rotatable bonds is 4. The molecule has 1 aliphatic carbocycles. The lowest BCUT2D eigenvalue weighted by Gasteiger charge is -2.27. The van der Waals surface area contributed by atoms with Crippen LogP contribution >= 0.6 is 0 Å². The lowest BCUT2D eigenvalue weighted by atomic mass is 9.90. The van der Waals surface area contributed by atoms with E-state index >= 15 is 0 Å². The standard InChI is InChI=1S/C17H30N2O2/c1-6-10-14(2)19(16(20)21-17(3,4)5)18-13-15-11-8-7-9-12-15/h6,10,13-15H,7-9,11-12H2,1-5H3/b10-6+,18-13+. The predicted octanol–water partition coefficient (Wildman–Crippen LogP) is 4.75. The van der Waals surface area contributed by atoms with E-state index in [1.807, 2.05) is 53.0 Å². The van der Waals surface area contributed by atoms with Crippen LogP contribution in [-0.2, 0) is 4.74 Å². The molecule has 1 rings (SSSR count). The molecule has 120 valence electrons. The van der Waals surface area contributed by atoms with Gasteiger partial charge in [0.05, 0.1) is 6.04 Å². The van der Waals surface area contributed by atoms with Crippen molar-refractivity contribution in [2.24, 2.45) is 11.0 Å². The van der Waals surface area contributed by atoms with Crippen LogP contribution in [0.5, 0.6) is 0 Å². The summed E-state index contributed by atoms with van der Waals surface area (Å²) in [5, 5.41) is 5.88. The largest absolute Gasteiger partial charge is 0.442 e. The fraction of sp³-hybridized carbons (Fsp3) is 0.765. The normalized spacial score (nSPS) is 19.1. The molecule has 1 unspecified atom stereocenters. The molecule has 0 radical (unpaired) electrons. The van der Waals surface area contributed by atoms with Gasteiger partial charge in [0.2, 0.25) is 0 Å². The van der Waals surface area contributed by atoms with Gasteiger partial charge < -0.3 is 4.74 Å². The van der Waals surface area contributed by atoms with E-state index in [9.17, 15) is 4.79 Å². The zero-order chi connectivity index (χ0) is 15.9. The molecule has 0 aromatic rings. The molecule has 4 heteroatoms. The predicted molar refractivity (Wildman–Crippen MR) is 87.4 cm³/mol. The maximum atomic E-state index is 12.3. The Morgan fingerprint density at radius 1 is 1.29 bits per heavy atom. The lowest BCUT2D eigenvalue weighted by molar-refractivity contribution is 0.0217. The summed E-state index contributed by atoms with van der Waals surface area (Å²) in [6.45, 7) is 9.49. The van der Waals surface area contributed by atoms with Crippen LogP contribution in [0.3, 0.4) is 0 Å². The Kier molecular flexibility index (Phi) is 6.93. The second kappa shape index (κ2) is 8.20. The quantitative estimate of drug-likeness (QED) is 0.426. The molecule has 0 saturated heterocycles. The summed E-state index contributed by atoms with van der Waals surface area (Å²) < 4.78 is 5.45. The van der Waals surface area contributed by atoms with Crippen molar-refractivity contribution in [3.8, 4) is 0 Å². The van der Waals surface area contributed by atoms with Crippen LogP contribution in [0.1, 0.15) is 66.7 Å². The summed E-state index contributed by atoms with van der Waals surface area (Å²) in [7, 11) is 0. The highest BCUT2D eigenvalue weighted by atomic mass is 16.6. The minimum atomic E-state index is -0.509. The second-order valence-corrected chi connectivity index (χ2v) is 6.75. The summed E-state index contributed by atoms with van der Waals surface area (Å²) >= 11 is 0. The first-order valence-corrected chi connectivity index (χ1v) is 8.02. The summed E-state index contributed by atoms with van der Waals surface area (Å²) in [5.74, 6) is 0.487. The fourth-order valence-electron chi connectivity index (χ4n) is 2.44. The first-order valence-electron chi connectivity index (χ1n) is 8.02. The Bertz CT molecular complexity index is 377. The molecule has 0 bridgehead atoms. The molecule has 0 aromatic heterocycles. The van der Waals surface area contributed by atoms with Gasteiger partial charge in [-0.3, -0.25) is 0 Å². The Morgan fingerprint density at radius 3 is 2.43 bits per heavy atom. The minimum Gasteiger partial charge on any atom is -0.442 e. The van der Waals surface area contributed by atoms with E-state index in [1.54, 1.807) is 0 Å². The van der Waals surface area contributed by atoms with Crippen molar-refractivity contribution < 1.29 is 9.53 Å². The second-order valence-electron chi connectivity index (χ2n) is 6.75. The maximum Gasteiger partial charge on any atom is 0.431 e. The number of nitrogens with zero attached hydrogens (tertiary/aromatic N) is 2. The molecule has 0 aromatic carbocycles. The number of hydrogen-bond acceptors (Lipinski definition) is 3. The lowest BCUT2D eigenvalue weighted by Crippen LogP contribution is -2.38. The van der Waals surface area contributed by atoms with Gasteiger partial charge in [-0.1, -0.05) is 31.4 Å². The van der Waals surface area contributed by atoms with Crippen LogP contribution in [0.15, 0.2) is 17.3 Å². The number of amides is 1. The molecular weight excluding hydrogens is 264 g/mol. The fourth-order valence-corrected chi connectivity index (χ4v) is 2.44. The van der Waals surface area contributed by atoms with Crippen LogP contribution in [-0.4, -0.2) is 29.0 Å². The molecule has 1 aliphatic rings. The monoisotopic (exact) mass is 294 g/mol. The molecule has 1 fully saturated rings. The van der Waals surface area contributed by atoms with Gasteiger partial charge in [-0.25, -0.2) is 4.79 Å². The molecule has 0 heterocycles. The summed E-state index contributed by atoms with van der Waals surface area (Å²) in [6, 6.07) is -0.107. The van der Waals surface area contributed by atoms with Gasteiger partial charge in [0, 0.05) is 6.21 Å². The van der Waals surface area contributed by atoms with Gasteiger partial charge in [0.25, 0.3) is 0 Å². The zero-order valence-electron chi connectivity index (χ0n) is 14.1. The van der Waals surface area contributed by atoms with Crippen molar-refractivity contribution in [1.29, 1.82) is 0 Å². The zero-order valence-corrected chi connectivity index (χ0v) is 14.1. The van der Waals surface area contributed by atoms with Crippen LogP contribution in [0, 0.1) is 5.92 Å². The maximum absolute atomic E-state index is 12.3. The molecule has 21 heavy (non-hydrogen) atoms. The number of carbonyl (C=O) groups is 1. The number of hydrogen-bond donors (Lipinski definition) is 0. The summed E-state index contributed by atoms with van der Waals surface area (Å²) in [4.78, 5) is 12.3. The van der Waals surface area contributed by atoms with Crippen molar-refractivity contribution in [1.82, 2.24) is 5.01 Å². The van der Waals surface area contributed by atoms with Crippen LogP contribution in [0.2, 0.25) is 0 Å². The third-order valence-electron chi connectivity index (χ3n) is 3.49. The van der Waals surface area contributed by atoms with Gasteiger partial charge in [-0.2, -0.15) is 10.1 Å². The highest BCUT2D eigenvalue weighted by molar-refractivity contribution is 5.71. The van der Waals surface area contributed by atoms with Gasteiger partial charge in [-0.15, -0.1) is 0 Å². The van der Waals surface area contributed by atoms with Gasteiger partial charge >= 0.3 is 6.09 Å². The van der Waals surface area contributed by atoms with E-state index in [2.05, 4.69) is 5.10 Å². The molecule has 1 atom stereocenters. The number of carbonyl (C=O) groups excluding carboxylic acids is 1. The average Bonchev–Trinajstić information content (AvgIpc) is 2.38. The molecule has 0 N–H and O–H groups in total. The highest BCUT2D eigenvalue weighted by Gasteiger charge is 2.25. The van der Waals surface area contributed by atoms with E-state index in [0.717, 1.165) is 0 Å². The number of ether oxygens (including phenoxy) is 1. The van der Waals surface area contributed by atoms with Crippen LogP contribution < -0.4 is 0 Å². The van der Waals surface area contributed by atoms with Gasteiger partial charge in [0.1, 0.15) is 5.60 Å². The van der Waals surface area contributed by atoms with Crippen molar-refractivity contribution in [2.45, 2.75) is 78.4 Å². The first-order chi connectivity index (χ1) is 9.83. The van der Waals surface area contributed by atoms with E-state index in [-0.39, 0.29) is 12.1 Å². The molecule has 0 spiro atoms. The van der Waals surface area contributed by atoms with Crippen LogP contribution in [0.25, 0.3) is 0 Å². The van der Waals surface area contributed by atoms with Crippen molar-refractivity contribution in [2.75, 3.05) is 0 Å². The van der Waals surface area contributed by atoms with Crippen molar-refractivity contribution in [3.05, 3.63) is 12.2 Å². The molecule has 4 nitrogen and oxygen atoms in total. The topological polar surface area (TPSA) is 41.9 Å².